The second kappa shape index (κ2) is 12.0. The molecule has 248 valence electrons. The first-order chi connectivity index (χ1) is 22.7. The molecular weight excluding hydrogens is 707 g/mol. The zero-order valence-electron chi connectivity index (χ0n) is 22.3. The van der Waals surface area contributed by atoms with Gasteiger partial charge in [-0.2, -0.15) is 60.6 Å². The summed E-state index contributed by atoms with van der Waals surface area (Å²) >= 11 is 0. The van der Waals surface area contributed by atoms with Gasteiger partial charge in [0.05, 0.1) is 33.4 Å². The zero-order valence-corrected chi connectivity index (χ0v) is 22.3. The van der Waals surface area contributed by atoms with Crippen molar-refractivity contribution < 1.29 is 65.9 Å². The molecule has 0 atom stereocenters. The van der Waals surface area contributed by atoms with Gasteiger partial charge in [-0.25, -0.2) is 41.3 Å². The third-order valence-corrected chi connectivity index (χ3v) is 6.28. The van der Waals surface area contributed by atoms with Crippen LogP contribution in [0, 0.1) is 98.1 Å². The van der Waals surface area contributed by atoms with E-state index in [9.17, 15) is 68.5 Å². The number of alkyl halides is 6. The molecule has 1 saturated carbocycles. The molecule has 3 aromatic rings. The average Bonchev–Trinajstić information content (AvgIpc) is 3.73. The third kappa shape index (κ3) is 5.63. The molecule has 7 nitrogen and oxygen atoms in total. The first kappa shape index (κ1) is 35.4. The Bertz CT molecular complexity index is 2180. The van der Waals surface area contributed by atoms with Crippen molar-refractivity contribution in [1.82, 2.24) is 15.0 Å². The Labute approximate surface area is 259 Å². The molecule has 0 N–H and O–H groups in total. The van der Waals surface area contributed by atoms with Gasteiger partial charge in [-0.3, -0.25) is 0 Å². The summed E-state index contributed by atoms with van der Waals surface area (Å²) in [5.74, 6) is -23.9. The molecule has 3 aromatic heterocycles. The lowest BCUT2D eigenvalue weighted by Crippen LogP contribution is -2.16. The van der Waals surface area contributed by atoms with Gasteiger partial charge in [0, 0.05) is 16.7 Å². The topological polar surface area (TPSA) is 134 Å². The highest BCUT2D eigenvalue weighted by atomic mass is 19.4. The van der Waals surface area contributed by atoms with Crippen LogP contribution < -0.4 is 0 Å². The highest BCUT2D eigenvalue weighted by molar-refractivity contribution is 6.12. The second-order valence-corrected chi connectivity index (χ2v) is 8.96. The van der Waals surface area contributed by atoms with Crippen LogP contribution in [0.25, 0.3) is 16.7 Å². The molecular formula is C27F15N7. The minimum atomic E-state index is -5.96. The summed E-state index contributed by atoms with van der Waals surface area (Å²) in [6.07, 6.45) is -11.9. The molecule has 1 fully saturated rings. The standard InChI is InChI=1S/C27F15N7/c28-15-8(4-46)47-23(34)18(31)12(15)5(1-43)9-10(6(2-44)13-16(29)21(26(37,38)39)48-24(35)19(13)32)11(9)7(3-45)14-17(30)22(27(40,41)42)49-25(36)20(14)33/b9-5-,10-6?,11-7-. The van der Waals surface area contributed by atoms with E-state index >= 15 is 13.2 Å². The Morgan fingerprint density at radius 1 is 0.429 bits per heavy atom. The Kier molecular flexibility index (Phi) is 8.67. The Morgan fingerprint density at radius 3 is 0.980 bits per heavy atom. The van der Waals surface area contributed by atoms with Crippen molar-refractivity contribution >= 4 is 16.7 Å². The van der Waals surface area contributed by atoms with Crippen LogP contribution in [-0.2, 0) is 12.4 Å². The summed E-state index contributed by atoms with van der Waals surface area (Å²) in [4.78, 5) is 6.61. The van der Waals surface area contributed by atoms with Gasteiger partial charge in [0.15, 0.2) is 52.0 Å². The largest absolute Gasteiger partial charge is 0.436 e. The van der Waals surface area contributed by atoms with Gasteiger partial charge >= 0.3 is 12.4 Å². The molecule has 0 bridgehead atoms. The number of hydrogen-bond acceptors (Lipinski definition) is 7. The van der Waals surface area contributed by atoms with Gasteiger partial charge in [0.1, 0.15) is 24.3 Å². The normalized spacial score (nSPS) is 15.9. The molecule has 1 aliphatic rings. The minimum absolute atomic E-state index is 0.799. The summed E-state index contributed by atoms with van der Waals surface area (Å²) in [6.45, 7) is 0. The predicted molar refractivity (Wildman–Crippen MR) is 125 cm³/mol. The SMILES string of the molecule is N#CC(=C1C(=C(\C#N)c2c(F)c(F)nc(C#N)c2F)/C1=C(\C#N)c1c(F)c(F)nc(C(F)(F)F)c1F)c1c(F)c(F)nc(C(F)(F)F)c1F. The summed E-state index contributed by atoms with van der Waals surface area (Å²) in [5.41, 5.74) is -24.7. The van der Waals surface area contributed by atoms with Crippen LogP contribution in [0.2, 0.25) is 0 Å². The number of halogens is 15. The molecule has 22 heteroatoms. The minimum Gasteiger partial charge on any atom is -0.209 e. The van der Waals surface area contributed by atoms with Crippen LogP contribution in [0.1, 0.15) is 33.8 Å². The van der Waals surface area contributed by atoms with Crippen LogP contribution >= 0.6 is 0 Å². The lowest BCUT2D eigenvalue weighted by Gasteiger charge is -2.11. The van der Waals surface area contributed by atoms with Gasteiger partial charge in [0.2, 0.25) is 11.9 Å². The molecule has 0 unspecified atom stereocenters. The number of allylic oxidation sites excluding steroid dienone is 6. The summed E-state index contributed by atoms with van der Waals surface area (Å²) < 4.78 is 213. The number of rotatable bonds is 3. The third-order valence-electron chi connectivity index (χ3n) is 6.28. The van der Waals surface area contributed by atoms with E-state index in [1.807, 2.05) is 9.97 Å². The van der Waals surface area contributed by atoms with E-state index in [0.29, 0.717) is 0 Å². The molecule has 3 heterocycles. The van der Waals surface area contributed by atoms with E-state index < -0.39 is 132 Å². The maximum atomic E-state index is 15.1. The monoisotopic (exact) mass is 707 g/mol. The maximum absolute atomic E-state index is 15.1. The highest BCUT2D eigenvalue weighted by Crippen LogP contribution is 2.57. The molecule has 1 aliphatic carbocycles. The average molecular weight is 707 g/mol. The smallest absolute Gasteiger partial charge is 0.209 e. The van der Waals surface area contributed by atoms with E-state index in [4.69, 9.17) is 5.26 Å². The molecule has 4 rings (SSSR count). The fraction of sp³-hybridized carbons (Fsp3) is 0.0741. The number of hydrogen-bond donors (Lipinski definition) is 0. The molecule has 0 spiro atoms. The van der Waals surface area contributed by atoms with Gasteiger partial charge in [-0.05, 0) is 0 Å². The quantitative estimate of drug-likeness (QED) is 0.159. The van der Waals surface area contributed by atoms with Crippen molar-refractivity contribution in [2.75, 3.05) is 0 Å². The predicted octanol–water partition coefficient (Wildman–Crippen LogP) is 7.28. The van der Waals surface area contributed by atoms with Gasteiger partial charge in [-0.1, -0.05) is 0 Å². The van der Waals surface area contributed by atoms with E-state index in [0.717, 1.165) is 24.3 Å². The molecule has 0 radical (unpaired) electrons. The van der Waals surface area contributed by atoms with Crippen LogP contribution in [0.15, 0.2) is 16.7 Å². The molecule has 0 aromatic carbocycles. The number of pyridine rings is 3. The van der Waals surface area contributed by atoms with E-state index in [2.05, 4.69) is 4.98 Å². The maximum Gasteiger partial charge on any atom is 0.436 e. The first-order valence-corrected chi connectivity index (χ1v) is 11.8. The van der Waals surface area contributed by atoms with Crippen molar-refractivity contribution in [2.45, 2.75) is 12.4 Å². The van der Waals surface area contributed by atoms with Crippen molar-refractivity contribution in [3.05, 3.63) is 103 Å². The summed E-state index contributed by atoms with van der Waals surface area (Å²) in [7, 11) is 0. The summed E-state index contributed by atoms with van der Waals surface area (Å²) in [5, 5.41) is 38.3. The van der Waals surface area contributed by atoms with E-state index in [-0.39, 0.29) is 0 Å². The van der Waals surface area contributed by atoms with E-state index in [1.165, 1.54) is 0 Å². The first-order valence-electron chi connectivity index (χ1n) is 11.8. The van der Waals surface area contributed by atoms with Crippen LogP contribution in [0.4, 0.5) is 65.9 Å². The van der Waals surface area contributed by atoms with E-state index in [1.54, 1.807) is 0 Å². The van der Waals surface area contributed by atoms with Crippen molar-refractivity contribution in [3.8, 4) is 24.3 Å². The number of nitriles is 4. The second-order valence-electron chi connectivity index (χ2n) is 8.96. The van der Waals surface area contributed by atoms with Gasteiger partial charge in [-0.15, -0.1) is 0 Å². The zero-order chi connectivity index (χ0) is 37.1. The molecule has 49 heavy (non-hydrogen) atoms. The fourth-order valence-corrected chi connectivity index (χ4v) is 4.30. The molecule has 0 aliphatic heterocycles. The fourth-order valence-electron chi connectivity index (χ4n) is 4.30. The van der Waals surface area contributed by atoms with Crippen LogP contribution in [-0.4, -0.2) is 15.0 Å². The van der Waals surface area contributed by atoms with Crippen LogP contribution in [0.3, 0.4) is 0 Å². The molecule has 0 saturated heterocycles. The van der Waals surface area contributed by atoms with Crippen molar-refractivity contribution in [2.24, 2.45) is 0 Å². The van der Waals surface area contributed by atoms with Crippen molar-refractivity contribution in [3.63, 3.8) is 0 Å². The highest BCUT2D eigenvalue weighted by Gasteiger charge is 2.48. The van der Waals surface area contributed by atoms with Crippen LogP contribution in [0.5, 0.6) is 0 Å². The number of aromatic nitrogens is 3. The Morgan fingerprint density at radius 2 is 0.714 bits per heavy atom. The lowest BCUT2D eigenvalue weighted by atomic mass is 10.0. The van der Waals surface area contributed by atoms with Gasteiger partial charge in [0.25, 0.3) is 5.95 Å². The van der Waals surface area contributed by atoms with Crippen molar-refractivity contribution in [1.29, 1.82) is 21.0 Å². The lowest BCUT2D eigenvalue weighted by molar-refractivity contribution is -0.145. The number of nitrogens with zero attached hydrogens (tertiary/aromatic N) is 7. The summed E-state index contributed by atoms with van der Waals surface area (Å²) in [6, 6.07) is 3.42. The Balaban J connectivity index is 2.38. The van der Waals surface area contributed by atoms with Gasteiger partial charge < -0.3 is 0 Å². The molecule has 0 amide bonds. The Hall–Kier alpha value is -6.42.